The predicted octanol–water partition coefficient (Wildman–Crippen LogP) is 4.58. The fourth-order valence-electron chi connectivity index (χ4n) is 2.32. The van der Waals surface area contributed by atoms with Crippen molar-refractivity contribution in [2.24, 2.45) is 0 Å². The Balaban J connectivity index is 1.64. The molecule has 1 aromatic heterocycles. The molecule has 0 aliphatic carbocycles. The first-order chi connectivity index (χ1) is 11.1. The van der Waals surface area contributed by atoms with Gasteiger partial charge in [0.25, 0.3) is 0 Å². The number of rotatable bonds is 4. The molecule has 3 nitrogen and oxygen atoms in total. The summed E-state index contributed by atoms with van der Waals surface area (Å²) in [6, 6.07) is 18.0. The summed E-state index contributed by atoms with van der Waals surface area (Å²) in [6.07, 6.45) is 0. The molecule has 0 unspecified atom stereocenters. The largest absolute Gasteiger partial charge is 0.325 e. The third-order valence-corrected chi connectivity index (χ3v) is 4.52. The third-order valence-electron chi connectivity index (χ3n) is 3.59. The highest BCUT2D eigenvalue weighted by molar-refractivity contribution is 7.99. The topological polar surface area (TPSA) is 42.0 Å². The summed E-state index contributed by atoms with van der Waals surface area (Å²) < 4.78 is 0. The van der Waals surface area contributed by atoms with Crippen LogP contribution in [0.2, 0.25) is 0 Å². The minimum absolute atomic E-state index is 0.0151. The molecule has 0 aliphatic rings. The number of anilines is 1. The molecule has 0 radical (unpaired) electrons. The number of hydrogen-bond acceptors (Lipinski definition) is 3. The Morgan fingerprint density at radius 3 is 2.78 bits per heavy atom. The second kappa shape index (κ2) is 6.84. The van der Waals surface area contributed by atoms with E-state index in [0.717, 1.165) is 32.7 Å². The summed E-state index contributed by atoms with van der Waals surface area (Å²) in [7, 11) is 0. The van der Waals surface area contributed by atoms with Crippen LogP contribution in [0.5, 0.6) is 0 Å². The standard InChI is InChI=1S/C19H18N2OS/c1-13-7-8-14(2)17(11-13)20-18(22)12-23-19-10-9-15-5-3-4-6-16(15)21-19/h3-11H,12H2,1-2H3,(H,20,22). The van der Waals surface area contributed by atoms with Crippen LogP contribution in [0.1, 0.15) is 11.1 Å². The fourth-order valence-corrected chi connectivity index (χ4v) is 3.00. The highest BCUT2D eigenvalue weighted by atomic mass is 32.2. The van der Waals surface area contributed by atoms with Gasteiger partial charge in [-0.25, -0.2) is 4.98 Å². The summed E-state index contributed by atoms with van der Waals surface area (Å²) in [5, 5.41) is 4.94. The highest BCUT2D eigenvalue weighted by Crippen LogP contribution is 2.21. The van der Waals surface area contributed by atoms with Crippen molar-refractivity contribution in [1.29, 1.82) is 0 Å². The first-order valence-electron chi connectivity index (χ1n) is 7.47. The number of aromatic nitrogens is 1. The molecule has 23 heavy (non-hydrogen) atoms. The van der Waals surface area contributed by atoms with Crippen molar-refractivity contribution in [1.82, 2.24) is 4.98 Å². The summed E-state index contributed by atoms with van der Waals surface area (Å²) in [6.45, 7) is 4.01. The van der Waals surface area contributed by atoms with E-state index in [4.69, 9.17) is 0 Å². The van der Waals surface area contributed by atoms with E-state index in [-0.39, 0.29) is 5.91 Å². The maximum Gasteiger partial charge on any atom is 0.234 e. The van der Waals surface area contributed by atoms with E-state index in [2.05, 4.69) is 10.3 Å². The average molecular weight is 322 g/mol. The molecule has 0 atom stereocenters. The molecule has 0 saturated carbocycles. The molecule has 4 heteroatoms. The van der Waals surface area contributed by atoms with Crippen molar-refractivity contribution < 1.29 is 4.79 Å². The van der Waals surface area contributed by atoms with Gasteiger partial charge in [0.2, 0.25) is 5.91 Å². The lowest BCUT2D eigenvalue weighted by Gasteiger charge is -2.09. The number of amides is 1. The number of carbonyl (C=O) groups is 1. The highest BCUT2D eigenvalue weighted by Gasteiger charge is 2.07. The Labute approximate surface area is 140 Å². The van der Waals surface area contributed by atoms with Gasteiger partial charge in [0, 0.05) is 11.1 Å². The van der Waals surface area contributed by atoms with Crippen LogP contribution in [0.15, 0.2) is 59.6 Å². The summed E-state index contributed by atoms with van der Waals surface area (Å²) in [5.41, 5.74) is 4.03. The molecule has 0 aliphatic heterocycles. The number of aryl methyl sites for hydroxylation is 2. The Morgan fingerprint density at radius 2 is 1.91 bits per heavy atom. The van der Waals surface area contributed by atoms with Gasteiger partial charge in [-0.2, -0.15) is 0 Å². The van der Waals surface area contributed by atoms with E-state index in [1.165, 1.54) is 11.8 Å². The quantitative estimate of drug-likeness (QED) is 0.715. The number of thioether (sulfide) groups is 1. The first kappa shape index (κ1) is 15.6. The number of nitrogens with one attached hydrogen (secondary N) is 1. The molecule has 0 saturated heterocycles. The van der Waals surface area contributed by atoms with E-state index in [1.54, 1.807) is 0 Å². The lowest BCUT2D eigenvalue weighted by molar-refractivity contribution is -0.113. The molecule has 1 heterocycles. The van der Waals surface area contributed by atoms with Crippen LogP contribution in [-0.2, 0) is 4.79 Å². The number of hydrogen-bond donors (Lipinski definition) is 1. The Kier molecular flexibility index (Phi) is 4.63. The van der Waals surface area contributed by atoms with Gasteiger partial charge < -0.3 is 5.32 Å². The van der Waals surface area contributed by atoms with E-state index in [0.29, 0.717) is 5.75 Å². The zero-order valence-electron chi connectivity index (χ0n) is 13.2. The molecule has 3 aromatic rings. The van der Waals surface area contributed by atoms with Crippen LogP contribution in [0, 0.1) is 13.8 Å². The number of nitrogens with zero attached hydrogens (tertiary/aromatic N) is 1. The maximum atomic E-state index is 12.2. The van der Waals surface area contributed by atoms with Gasteiger partial charge in [0.05, 0.1) is 16.3 Å². The third kappa shape index (κ3) is 3.90. The van der Waals surface area contributed by atoms with Gasteiger partial charge in [0.15, 0.2) is 0 Å². The van der Waals surface area contributed by atoms with E-state index < -0.39 is 0 Å². The van der Waals surface area contributed by atoms with E-state index >= 15 is 0 Å². The monoisotopic (exact) mass is 322 g/mol. The fraction of sp³-hybridized carbons (Fsp3) is 0.158. The number of benzene rings is 2. The summed E-state index contributed by atoms with van der Waals surface area (Å²) in [4.78, 5) is 16.7. The molecule has 0 bridgehead atoms. The van der Waals surface area contributed by atoms with Crippen molar-refractivity contribution in [3.8, 4) is 0 Å². The zero-order valence-corrected chi connectivity index (χ0v) is 14.0. The Hall–Kier alpha value is -2.33. The molecule has 0 spiro atoms. The molecule has 116 valence electrons. The summed E-state index contributed by atoms with van der Waals surface area (Å²) >= 11 is 1.45. The predicted molar refractivity (Wildman–Crippen MR) is 97.0 cm³/mol. The normalized spacial score (nSPS) is 10.7. The lowest BCUT2D eigenvalue weighted by atomic mass is 10.1. The van der Waals surface area contributed by atoms with Crippen molar-refractivity contribution in [3.63, 3.8) is 0 Å². The van der Waals surface area contributed by atoms with Crippen LogP contribution in [-0.4, -0.2) is 16.6 Å². The first-order valence-corrected chi connectivity index (χ1v) is 8.46. The molecular formula is C19H18N2OS. The Bertz CT molecular complexity index is 861. The second-order valence-electron chi connectivity index (χ2n) is 5.50. The van der Waals surface area contributed by atoms with Crippen molar-refractivity contribution in [2.45, 2.75) is 18.9 Å². The molecule has 1 amide bonds. The number of para-hydroxylation sites is 1. The SMILES string of the molecule is Cc1ccc(C)c(NC(=O)CSc2ccc3ccccc3n2)c1. The lowest BCUT2D eigenvalue weighted by Crippen LogP contribution is -2.15. The smallest absolute Gasteiger partial charge is 0.234 e. The molecular weight excluding hydrogens is 304 g/mol. The number of carbonyl (C=O) groups excluding carboxylic acids is 1. The minimum Gasteiger partial charge on any atom is -0.325 e. The molecule has 3 rings (SSSR count). The van der Waals surface area contributed by atoms with Crippen molar-refractivity contribution in [3.05, 3.63) is 65.7 Å². The minimum atomic E-state index is -0.0151. The Morgan fingerprint density at radius 1 is 1.09 bits per heavy atom. The van der Waals surface area contributed by atoms with Crippen molar-refractivity contribution in [2.75, 3.05) is 11.1 Å². The molecule has 1 N–H and O–H groups in total. The van der Waals surface area contributed by atoms with Gasteiger partial charge in [-0.05, 0) is 43.2 Å². The van der Waals surface area contributed by atoms with Gasteiger partial charge in [0.1, 0.15) is 0 Å². The van der Waals surface area contributed by atoms with Gasteiger partial charge >= 0.3 is 0 Å². The van der Waals surface area contributed by atoms with Crippen LogP contribution in [0.3, 0.4) is 0 Å². The average Bonchev–Trinajstić information content (AvgIpc) is 2.56. The van der Waals surface area contributed by atoms with Crippen LogP contribution < -0.4 is 5.32 Å². The number of pyridine rings is 1. The zero-order chi connectivity index (χ0) is 16.2. The van der Waals surface area contributed by atoms with E-state index in [1.807, 2.05) is 68.4 Å². The second-order valence-corrected chi connectivity index (χ2v) is 6.49. The maximum absolute atomic E-state index is 12.2. The molecule has 0 fully saturated rings. The van der Waals surface area contributed by atoms with Crippen LogP contribution in [0.25, 0.3) is 10.9 Å². The van der Waals surface area contributed by atoms with E-state index in [9.17, 15) is 4.79 Å². The van der Waals surface area contributed by atoms with Crippen LogP contribution in [0.4, 0.5) is 5.69 Å². The van der Waals surface area contributed by atoms with Gasteiger partial charge in [-0.1, -0.05) is 48.2 Å². The number of fused-ring (bicyclic) bond motifs is 1. The van der Waals surface area contributed by atoms with Crippen molar-refractivity contribution >= 4 is 34.3 Å². The summed E-state index contributed by atoms with van der Waals surface area (Å²) in [5.74, 6) is 0.331. The van der Waals surface area contributed by atoms with Gasteiger partial charge in [-0.15, -0.1) is 0 Å². The molecule has 2 aromatic carbocycles. The van der Waals surface area contributed by atoms with Crippen LogP contribution >= 0.6 is 11.8 Å². The van der Waals surface area contributed by atoms with Gasteiger partial charge in [-0.3, -0.25) is 4.79 Å².